The maximum atomic E-state index is 11.9. The number of nitrogens with one attached hydrogen (secondary N) is 1. The van der Waals surface area contributed by atoms with E-state index in [0.29, 0.717) is 5.69 Å². The van der Waals surface area contributed by atoms with Crippen LogP contribution in [0.1, 0.15) is 16.1 Å². The number of carbonyl (C=O) groups excluding carboxylic acids is 1. The Morgan fingerprint density at radius 1 is 1.35 bits per heavy atom. The number of carbonyl (C=O) groups is 1. The van der Waals surface area contributed by atoms with Crippen LogP contribution in [0, 0.1) is 21.4 Å². The molecular formula is C13H8N4O3. The van der Waals surface area contributed by atoms with Gasteiger partial charge in [-0.15, -0.1) is 0 Å². The molecule has 2 aromatic rings. The minimum Gasteiger partial charge on any atom is -0.322 e. The Morgan fingerprint density at radius 3 is 2.75 bits per heavy atom. The van der Waals surface area contributed by atoms with Crippen molar-refractivity contribution in [3.8, 4) is 6.07 Å². The number of rotatable bonds is 3. The number of pyridine rings is 1. The summed E-state index contributed by atoms with van der Waals surface area (Å²) >= 11 is 0. The maximum absolute atomic E-state index is 11.9. The molecule has 0 spiro atoms. The number of amides is 1. The van der Waals surface area contributed by atoms with Gasteiger partial charge >= 0.3 is 0 Å². The fraction of sp³-hybridized carbons (Fsp3) is 0. The summed E-state index contributed by atoms with van der Waals surface area (Å²) in [6.45, 7) is 0. The quantitative estimate of drug-likeness (QED) is 0.677. The van der Waals surface area contributed by atoms with Gasteiger partial charge in [-0.1, -0.05) is 6.07 Å². The number of benzene rings is 1. The van der Waals surface area contributed by atoms with E-state index in [2.05, 4.69) is 10.3 Å². The van der Waals surface area contributed by atoms with Crippen LogP contribution in [0.4, 0.5) is 11.4 Å². The maximum Gasteiger partial charge on any atom is 0.271 e. The van der Waals surface area contributed by atoms with E-state index in [0.717, 1.165) is 0 Å². The molecular weight excluding hydrogens is 260 g/mol. The number of hydrogen-bond donors (Lipinski definition) is 1. The molecule has 1 heterocycles. The average Bonchev–Trinajstić information content (AvgIpc) is 2.47. The van der Waals surface area contributed by atoms with E-state index in [1.807, 2.05) is 6.07 Å². The summed E-state index contributed by atoms with van der Waals surface area (Å²) in [7, 11) is 0. The van der Waals surface area contributed by atoms with Gasteiger partial charge in [-0.05, 0) is 18.2 Å². The molecule has 98 valence electrons. The van der Waals surface area contributed by atoms with Crippen LogP contribution in [-0.2, 0) is 0 Å². The number of non-ortho nitro benzene ring substituents is 1. The topological polar surface area (TPSA) is 109 Å². The summed E-state index contributed by atoms with van der Waals surface area (Å²) < 4.78 is 0. The molecule has 0 bridgehead atoms. The smallest absolute Gasteiger partial charge is 0.271 e. The van der Waals surface area contributed by atoms with Crippen molar-refractivity contribution in [1.82, 2.24) is 4.98 Å². The van der Waals surface area contributed by atoms with Crippen molar-refractivity contribution in [2.75, 3.05) is 5.32 Å². The number of hydrogen-bond acceptors (Lipinski definition) is 5. The molecule has 7 nitrogen and oxygen atoms in total. The highest BCUT2D eigenvalue weighted by molar-refractivity contribution is 6.04. The molecule has 0 radical (unpaired) electrons. The van der Waals surface area contributed by atoms with Crippen LogP contribution in [0.15, 0.2) is 42.6 Å². The Bertz CT molecular complexity index is 704. The molecule has 2 rings (SSSR count). The number of nitrogens with zero attached hydrogens (tertiary/aromatic N) is 3. The van der Waals surface area contributed by atoms with Crippen LogP contribution in [0.3, 0.4) is 0 Å². The Morgan fingerprint density at radius 2 is 2.15 bits per heavy atom. The Kier molecular flexibility index (Phi) is 3.67. The lowest BCUT2D eigenvalue weighted by atomic mass is 10.2. The number of nitro groups is 1. The van der Waals surface area contributed by atoms with Crippen molar-refractivity contribution in [1.29, 1.82) is 5.26 Å². The van der Waals surface area contributed by atoms with Crippen LogP contribution < -0.4 is 5.32 Å². The molecule has 1 amide bonds. The van der Waals surface area contributed by atoms with E-state index in [-0.39, 0.29) is 16.9 Å². The van der Waals surface area contributed by atoms with Crippen molar-refractivity contribution in [3.63, 3.8) is 0 Å². The number of aromatic nitrogens is 1. The molecule has 1 aromatic carbocycles. The first kappa shape index (κ1) is 13.2. The monoisotopic (exact) mass is 268 g/mol. The largest absolute Gasteiger partial charge is 0.322 e. The van der Waals surface area contributed by atoms with Gasteiger partial charge in [-0.3, -0.25) is 14.9 Å². The second-order valence-corrected chi connectivity index (χ2v) is 3.81. The third kappa shape index (κ3) is 2.94. The van der Waals surface area contributed by atoms with Crippen LogP contribution in [0.25, 0.3) is 0 Å². The second-order valence-electron chi connectivity index (χ2n) is 3.81. The molecule has 0 saturated heterocycles. The van der Waals surface area contributed by atoms with Gasteiger partial charge in [0.2, 0.25) is 0 Å². The first-order valence-electron chi connectivity index (χ1n) is 5.52. The second kappa shape index (κ2) is 5.58. The fourth-order valence-corrected chi connectivity index (χ4v) is 1.49. The van der Waals surface area contributed by atoms with Crippen LogP contribution >= 0.6 is 0 Å². The van der Waals surface area contributed by atoms with E-state index >= 15 is 0 Å². The lowest BCUT2D eigenvalue weighted by Gasteiger charge is -2.04. The van der Waals surface area contributed by atoms with E-state index in [1.54, 1.807) is 6.07 Å². The van der Waals surface area contributed by atoms with Crippen molar-refractivity contribution in [2.24, 2.45) is 0 Å². The van der Waals surface area contributed by atoms with Crippen molar-refractivity contribution in [3.05, 3.63) is 64.0 Å². The van der Waals surface area contributed by atoms with Gasteiger partial charge in [-0.25, -0.2) is 4.98 Å². The molecule has 0 fully saturated rings. The van der Waals surface area contributed by atoms with Gasteiger partial charge in [0.25, 0.3) is 11.6 Å². The standard InChI is InChI=1S/C13H8N4O3/c14-7-11-5-4-9(8-15-11)13(18)16-10-2-1-3-12(6-10)17(19)20/h1-6,8H,(H,16,18). The van der Waals surface area contributed by atoms with Crippen LogP contribution in [0.5, 0.6) is 0 Å². The highest BCUT2D eigenvalue weighted by atomic mass is 16.6. The Hall–Kier alpha value is -3.27. The first-order chi connectivity index (χ1) is 9.60. The zero-order valence-electron chi connectivity index (χ0n) is 10.1. The molecule has 0 unspecified atom stereocenters. The van der Waals surface area contributed by atoms with Crippen molar-refractivity contribution in [2.45, 2.75) is 0 Å². The summed E-state index contributed by atoms with van der Waals surface area (Å²) in [6, 6.07) is 10.3. The van der Waals surface area contributed by atoms with Crippen molar-refractivity contribution < 1.29 is 9.72 Å². The Labute approximate surface area is 113 Å². The summed E-state index contributed by atoms with van der Waals surface area (Å²) in [4.78, 5) is 25.8. The minimum atomic E-state index is -0.543. The normalized spacial score (nSPS) is 9.55. The van der Waals surface area contributed by atoms with Gasteiger partial charge < -0.3 is 5.32 Å². The number of nitriles is 1. The SMILES string of the molecule is N#Cc1ccc(C(=O)Nc2cccc([N+](=O)[O-])c2)cn1. The van der Waals surface area contributed by atoms with Gasteiger partial charge in [-0.2, -0.15) is 5.26 Å². The minimum absolute atomic E-state index is 0.110. The van der Waals surface area contributed by atoms with Crippen molar-refractivity contribution >= 4 is 17.3 Å². The molecule has 0 aliphatic rings. The van der Waals surface area contributed by atoms with Crippen LogP contribution in [-0.4, -0.2) is 15.8 Å². The molecule has 7 heteroatoms. The van der Waals surface area contributed by atoms with Gasteiger partial charge in [0.05, 0.1) is 10.5 Å². The van der Waals surface area contributed by atoms with Gasteiger partial charge in [0, 0.05) is 24.0 Å². The zero-order valence-corrected chi connectivity index (χ0v) is 10.1. The first-order valence-corrected chi connectivity index (χ1v) is 5.52. The predicted octanol–water partition coefficient (Wildman–Crippen LogP) is 2.11. The molecule has 0 atom stereocenters. The third-order valence-electron chi connectivity index (χ3n) is 2.46. The fourth-order valence-electron chi connectivity index (χ4n) is 1.49. The summed E-state index contributed by atoms with van der Waals surface area (Å²) in [5.41, 5.74) is 0.668. The third-order valence-corrected chi connectivity index (χ3v) is 2.46. The van der Waals surface area contributed by atoms with Gasteiger partial charge in [0.1, 0.15) is 11.8 Å². The molecule has 0 saturated carbocycles. The molecule has 1 aromatic heterocycles. The zero-order chi connectivity index (χ0) is 14.5. The summed E-state index contributed by atoms with van der Waals surface area (Å²) in [5.74, 6) is -0.456. The predicted molar refractivity (Wildman–Crippen MR) is 70.0 cm³/mol. The van der Waals surface area contributed by atoms with E-state index in [9.17, 15) is 14.9 Å². The van der Waals surface area contributed by atoms with E-state index in [1.165, 1.54) is 36.5 Å². The molecule has 0 aliphatic carbocycles. The van der Waals surface area contributed by atoms with E-state index < -0.39 is 10.8 Å². The highest BCUT2D eigenvalue weighted by Crippen LogP contribution is 2.17. The number of anilines is 1. The van der Waals surface area contributed by atoms with E-state index in [4.69, 9.17) is 5.26 Å². The molecule has 0 aliphatic heterocycles. The Balaban J connectivity index is 2.17. The van der Waals surface area contributed by atoms with Crippen LogP contribution in [0.2, 0.25) is 0 Å². The highest BCUT2D eigenvalue weighted by Gasteiger charge is 2.10. The molecule has 1 N–H and O–H groups in total. The summed E-state index contributed by atoms with van der Waals surface area (Å²) in [5, 5.41) is 21.8. The molecule has 20 heavy (non-hydrogen) atoms. The summed E-state index contributed by atoms with van der Waals surface area (Å²) in [6.07, 6.45) is 1.27. The average molecular weight is 268 g/mol. The number of nitro benzene ring substituents is 1. The lowest BCUT2D eigenvalue weighted by Crippen LogP contribution is -2.12. The lowest BCUT2D eigenvalue weighted by molar-refractivity contribution is -0.384. The van der Waals surface area contributed by atoms with Gasteiger partial charge in [0.15, 0.2) is 0 Å².